The second kappa shape index (κ2) is 11.5. The number of aryl methyl sites for hydroxylation is 1. The Bertz CT molecular complexity index is 1920. The summed E-state index contributed by atoms with van der Waals surface area (Å²) in [6.45, 7) is 1.03. The molecule has 0 spiro atoms. The number of hydrogen-bond donors (Lipinski definition) is 3. The number of carbonyl (C=O) groups is 2. The van der Waals surface area contributed by atoms with E-state index >= 15 is 0 Å². The Morgan fingerprint density at radius 1 is 1.11 bits per heavy atom. The molecular formula is C30H23Cl2F5N4O5. The van der Waals surface area contributed by atoms with Crippen LogP contribution in [-0.4, -0.2) is 53.3 Å². The molecule has 46 heavy (non-hydrogen) atoms. The molecule has 1 aliphatic rings. The summed E-state index contributed by atoms with van der Waals surface area (Å²) in [5.74, 6) is -5.03. The molecule has 0 unspecified atom stereocenters. The third-order valence-corrected chi connectivity index (χ3v) is 8.42. The normalized spacial score (nSPS) is 17.3. The van der Waals surface area contributed by atoms with E-state index in [9.17, 15) is 36.6 Å². The Balaban J connectivity index is 1.62. The van der Waals surface area contributed by atoms with Crippen LogP contribution in [0.5, 0.6) is 11.5 Å². The molecule has 0 radical (unpaired) electrons. The Morgan fingerprint density at radius 2 is 1.80 bits per heavy atom. The first-order chi connectivity index (χ1) is 21.4. The van der Waals surface area contributed by atoms with Gasteiger partial charge in [-0.3, -0.25) is 9.59 Å². The average Bonchev–Trinajstić information content (AvgIpc) is 3.35. The monoisotopic (exact) mass is 684 g/mol. The molecule has 2 aromatic carbocycles. The number of methoxy groups -OCH3 is 1. The highest BCUT2D eigenvalue weighted by molar-refractivity contribution is 6.32. The molecule has 1 aliphatic heterocycles. The minimum Gasteiger partial charge on any atom is -0.494 e. The third kappa shape index (κ3) is 5.43. The molecule has 2 atom stereocenters. The smallest absolute Gasteiger partial charge is 0.424 e. The molecule has 0 saturated carbocycles. The molecule has 3 heterocycles. The lowest BCUT2D eigenvalue weighted by Gasteiger charge is -2.31. The van der Waals surface area contributed by atoms with Crippen molar-refractivity contribution in [3.63, 3.8) is 0 Å². The van der Waals surface area contributed by atoms with Crippen molar-refractivity contribution in [2.24, 2.45) is 5.73 Å². The van der Waals surface area contributed by atoms with Gasteiger partial charge in [0.05, 0.1) is 35.1 Å². The first kappa shape index (κ1) is 33.1. The topological polar surface area (TPSA) is 137 Å². The Labute approximate surface area is 267 Å². The molecule has 4 N–H and O–H groups in total. The van der Waals surface area contributed by atoms with Crippen molar-refractivity contribution < 1.29 is 46.1 Å². The summed E-state index contributed by atoms with van der Waals surface area (Å²) in [5, 5.41) is 13.2. The van der Waals surface area contributed by atoms with Crippen molar-refractivity contribution in [2.45, 2.75) is 31.0 Å². The van der Waals surface area contributed by atoms with E-state index in [1.165, 1.54) is 32.2 Å². The summed E-state index contributed by atoms with van der Waals surface area (Å²) in [5.41, 5.74) is -1.50. The van der Waals surface area contributed by atoms with E-state index in [1.807, 2.05) is 0 Å². The van der Waals surface area contributed by atoms with Gasteiger partial charge >= 0.3 is 6.18 Å². The van der Waals surface area contributed by atoms with Crippen LogP contribution >= 0.6 is 23.2 Å². The van der Waals surface area contributed by atoms with Crippen LogP contribution in [0.1, 0.15) is 34.2 Å². The number of fused-ring (bicyclic) bond motifs is 2. The number of carbonyl (C=O) groups excluding carboxylic acids is 2. The maximum absolute atomic E-state index is 14.7. The standard InChI is InChI=1S/C30H23Cl2F5N4O5/c1-12-17(31)5-13-4-15(8-20(45-3)23(13)40-12)26(42)39-10-29(44,30(35,36)37)21-9-16-25(46-11-28(16,2)27(38)43)24(41-21)14-6-18(32)22(34)19(33)7-14/h4-9,44H,10-11H2,1-3H3,(H2,38,43)(H,39,42)/t28-,29-/m0/s1. The van der Waals surface area contributed by atoms with Gasteiger partial charge < -0.3 is 25.6 Å². The van der Waals surface area contributed by atoms with Gasteiger partial charge in [0.1, 0.15) is 34.7 Å². The van der Waals surface area contributed by atoms with E-state index in [4.69, 9.17) is 38.4 Å². The third-order valence-electron chi connectivity index (χ3n) is 7.77. The molecule has 0 fully saturated rings. The summed E-state index contributed by atoms with van der Waals surface area (Å²) in [6, 6.07) is 6.35. The molecule has 0 aliphatic carbocycles. The van der Waals surface area contributed by atoms with Crippen molar-refractivity contribution in [3.8, 4) is 22.8 Å². The Hall–Kier alpha value is -4.27. The molecule has 5 rings (SSSR count). The van der Waals surface area contributed by atoms with E-state index in [-0.39, 0.29) is 33.2 Å². The van der Waals surface area contributed by atoms with E-state index in [2.05, 4.69) is 15.3 Å². The molecular weight excluding hydrogens is 662 g/mol. The maximum atomic E-state index is 14.7. The van der Waals surface area contributed by atoms with E-state index in [1.54, 1.807) is 6.92 Å². The number of nitrogens with one attached hydrogen (secondary N) is 1. The number of pyridine rings is 2. The minimum absolute atomic E-state index is 0.134. The second-order valence-electron chi connectivity index (χ2n) is 10.8. The molecule has 2 amide bonds. The quantitative estimate of drug-likeness (QED) is 0.172. The largest absolute Gasteiger partial charge is 0.494 e. The van der Waals surface area contributed by atoms with E-state index in [0.717, 1.165) is 12.1 Å². The maximum Gasteiger partial charge on any atom is 0.424 e. The predicted octanol–water partition coefficient (Wildman–Crippen LogP) is 5.51. The van der Waals surface area contributed by atoms with Crippen molar-refractivity contribution >= 4 is 45.9 Å². The van der Waals surface area contributed by atoms with Crippen molar-refractivity contribution in [1.82, 2.24) is 15.3 Å². The fraction of sp³-hybridized carbons (Fsp3) is 0.267. The van der Waals surface area contributed by atoms with Crippen LogP contribution in [0.15, 0.2) is 36.4 Å². The summed E-state index contributed by atoms with van der Waals surface area (Å²) in [4.78, 5) is 33.9. The van der Waals surface area contributed by atoms with Gasteiger partial charge in [0.15, 0.2) is 11.6 Å². The summed E-state index contributed by atoms with van der Waals surface area (Å²) in [6.07, 6.45) is -5.48. The first-order valence-electron chi connectivity index (χ1n) is 13.3. The van der Waals surface area contributed by atoms with E-state index in [0.29, 0.717) is 22.7 Å². The van der Waals surface area contributed by atoms with Gasteiger partial charge in [-0.1, -0.05) is 23.2 Å². The lowest BCUT2D eigenvalue weighted by molar-refractivity contribution is -0.265. The average molecular weight is 685 g/mol. The zero-order valence-electron chi connectivity index (χ0n) is 24.1. The van der Waals surface area contributed by atoms with Gasteiger partial charge in [0.25, 0.3) is 5.91 Å². The number of rotatable bonds is 7. The number of halogens is 7. The fourth-order valence-corrected chi connectivity index (χ4v) is 5.31. The van der Waals surface area contributed by atoms with Crippen LogP contribution < -0.4 is 20.5 Å². The van der Waals surface area contributed by atoms with Gasteiger partial charge in [-0.05, 0) is 50.2 Å². The predicted molar refractivity (Wildman–Crippen MR) is 157 cm³/mol. The highest BCUT2D eigenvalue weighted by atomic mass is 35.5. The SMILES string of the molecule is COc1cc(C(=O)NC[C@](O)(c2cc3c(c(-c4cc(F)c(F)c(Cl)c4)n2)OC[C@]3(C)C(N)=O)C(F)(F)F)cc2cc(Cl)c(C)nc12. The zero-order chi connectivity index (χ0) is 33.9. The van der Waals surface area contributed by atoms with Crippen LogP contribution in [0.4, 0.5) is 22.0 Å². The van der Waals surface area contributed by atoms with Crippen LogP contribution in [-0.2, 0) is 15.8 Å². The van der Waals surface area contributed by atoms with Gasteiger partial charge in [-0.2, -0.15) is 13.2 Å². The van der Waals surface area contributed by atoms with Crippen molar-refractivity contribution in [2.75, 3.05) is 20.3 Å². The van der Waals surface area contributed by atoms with Crippen molar-refractivity contribution in [1.29, 1.82) is 0 Å². The number of alkyl halides is 3. The fourth-order valence-electron chi connectivity index (χ4n) is 4.94. The second-order valence-corrected chi connectivity index (χ2v) is 11.6. The van der Waals surface area contributed by atoms with E-state index < -0.39 is 70.2 Å². The number of nitrogens with two attached hydrogens (primary N) is 1. The minimum atomic E-state index is -5.48. The number of hydrogen-bond acceptors (Lipinski definition) is 7. The van der Waals surface area contributed by atoms with Crippen LogP contribution in [0, 0.1) is 18.6 Å². The van der Waals surface area contributed by atoms with Gasteiger partial charge in [0, 0.05) is 22.1 Å². The summed E-state index contributed by atoms with van der Waals surface area (Å²) < 4.78 is 83.4. The lowest BCUT2D eigenvalue weighted by atomic mass is 9.81. The van der Waals surface area contributed by atoms with Crippen LogP contribution in [0.3, 0.4) is 0 Å². The number of aromatic nitrogens is 2. The molecule has 9 nitrogen and oxygen atoms in total. The highest BCUT2D eigenvalue weighted by Gasteiger charge is 2.57. The first-order valence-corrected chi connectivity index (χ1v) is 14.0. The zero-order valence-corrected chi connectivity index (χ0v) is 25.6. The lowest BCUT2D eigenvalue weighted by Crippen LogP contribution is -2.51. The number of amides is 2. The number of nitrogens with zero attached hydrogens (tertiary/aromatic N) is 2. The molecule has 0 saturated heterocycles. The van der Waals surface area contributed by atoms with Gasteiger partial charge in [0.2, 0.25) is 11.5 Å². The Kier molecular flexibility index (Phi) is 8.28. The number of benzene rings is 2. The van der Waals surface area contributed by atoms with Gasteiger partial charge in [-0.15, -0.1) is 0 Å². The molecule has 2 aromatic heterocycles. The summed E-state index contributed by atoms with van der Waals surface area (Å²) in [7, 11) is 1.31. The van der Waals surface area contributed by atoms with Crippen LogP contribution in [0.25, 0.3) is 22.2 Å². The number of primary amides is 1. The Morgan fingerprint density at radius 3 is 2.41 bits per heavy atom. The van der Waals surface area contributed by atoms with Crippen LogP contribution in [0.2, 0.25) is 10.0 Å². The van der Waals surface area contributed by atoms with Crippen molar-refractivity contribution in [3.05, 3.63) is 80.6 Å². The molecule has 0 bridgehead atoms. The number of aliphatic hydroxyl groups is 1. The molecule has 16 heteroatoms. The summed E-state index contributed by atoms with van der Waals surface area (Å²) >= 11 is 12.0. The molecule has 4 aromatic rings. The molecule has 242 valence electrons. The van der Waals surface area contributed by atoms with Gasteiger partial charge in [-0.25, -0.2) is 18.7 Å². The highest BCUT2D eigenvalue weighted by Crippen LogP contribution is 2.48. The number of ether oxygens (including phenoxy) is 2.